The molecule has 108 valence electrons. The molecule has 0 aliphatic heterocycles. The van der Waals surface area contributed by atoms with Crippen molar-refractivity contribution in [1.82, 2.24) is 0 Å². The molecule has 0 unspecified atom stereocenters. The molecular formula is C14H12Cl2O3Si2. The SMILES string of the molecule is O=C(Cl)c1ccc([SiH](O[SiH3])c2ccc(C(=O)Cl)cc2)cc1. The van der Waals surface area contributed by atoms with Gasteiger partial charge in [0.1, 0.15) is 10.5 Å². The average molecular weight is 355 g/mol. The lowest BCUT2D eigenvalue weighted by Gasteiger charge is -2.15. The van der Waals surface area contributed by atoms with Gasteiger partial charge >= 0.3 is 0 Å². The van der Waals surface area contributed by atoms with Gasteiger partial charge in [-0.15, -0.1) is 0 Å². The van der Waals surface area contributed by atoms with E-state index in [2.05, 4.69) is 0 Å². The van der Waals surface area contributed by atoms with Gasteiger partial charge in [-0.25, -0.2) is 0 Å². The predicted molar refractivity (Wildman–Crippen MR) is 90.7 cm³/mol. The molecule has 0 aliphatic carbocycles. The Kier molecular flexibility index (Phi) is 5.49. The van der Waals surface area contributed by atoms with Crippen molar-refractivity contribution in [2.45, 2.75) is 0 Å². The van der Waals surface area contributed by atoms with Crippen LogP contribution in [0.5, 0.6) is 0 Å². The molecule has 0 bridgehead atoms. The van der Waals surface area contributed by atoms with E-state index >= 15 is 0 Å². The third-order valence-corrected chi connectivity index (χ3v) is 7.42. The minimum Gasteiger partial charge on any atom is -0.459 e. The molecule has 3 nitrogen and oxygen atoms in total. The van der Waals surface area contributed by atoms with Crippen LogP contribution < -0.4 is 10.4 Å². The lowest BCUT2D eigenvalue weighted by Crippen LogP contribution is -2.44. The molecular weight excluding hydrogens is 343 g/mol. The van der Waals surface area contributed by atoms with Crippen LogP contribution in [0.4, 0.5) is 0 Å². The molecule has 0 fully saturated rings. The van der Waals surface area contributed by atoms with E-state index in [1.54, 1.807) is 24.3 Å². The summed E-state index contributed by atoms with van der Waals surface area (Å²) < 4.78 is 5.77. The van der Waals surface area contributed by atoms with E-state index in [1.165, 1.54) is 0 Å². The van der Waals surface area contributed by atoms with Crippen molar-refractivity contribution in [2.75, 3.05) is 0 Å². The van der Waals surface area contributed by atoms with E-state index in [4.69, 9.17) is 27.3 Å². The zero-order chi connectivity index (χ0) is 15.4. The third-order valence-electron chi connectivity index (χ3n) is 3.12. The molecule has 0 saturated heterocycles. The van der Waals surface area contributed by atoms with Gasteiger partial charge in [0, 0.05) is 11.1 Å². The molecule has 0 N–H and O–H groups in total. The second-order valence-corrected chi connectivity index (χ2v) is 9.07. The van der Waals surface area contributed by atoms with Crippen LogP contribution in [0.3, 0.4) is 0 Å². The van der Waals surface area contributed by atoms with Crippen LogP contribution in [-0.2, 0) is 4.12 Å². The molecule has 0 spiro atoms. The first-order chi connectivity index (χ1) is 10.0. The number of carbonyl (C=O) groups is 2. The van der Waals surface area contributed by atoms with Crippen LogP contribution in [-0.4, -0.2) is 30.0 Å². The lowest BCUT2D eigenvalue weighted by atomic mass is 10.2. The quantitative estimate of drug-likeness (QED) is 0.582. The summed E-state index contributed by atoms with van der Waals surface area (Å²) in [6, 6.07) is 14.2. The van der Waals surface area contributed by atoms with Gasteiger partial charge < -0.3 is 4.12 Å². The van der Waals surface area contributed by atoms with Crippen LogP contribution >= 0.6 is 23.2 Å². The van der Waals surface area contributed by atoms with Gasteiger partial charge in [-0.3, -0.25) is 9.59 Å². The molecule has 0 aliphatic rings. The third kappa shape index (κ3) is 3.90. The maximum atomic E-state index is 11.1. The summed E-state index contributed by atoms with van der Waals surface area (Å²) in [6.07, 6.45) is 0. The van der Waals surface area contributed by atoms with Gasteiger partial charge in [-0.1, -0.05) is 48.5 Å². The van der Waals surface area contributed by atoms with Crippen LogP contribution in [0.25, 0.3) is 0 Å². The second-order valence-electron chi connectivity index (χ2n) is 4.41. The first kappa shape index (κ1) is 16.1. The van der Waals surface area contributed by atoms with Crippen molar-refractivity contribution in [2.24, 2.45) is 0 Å². The number of hydrogen-bond acceptors (Lipinski definition) is 3. The largest absolute Gasteiger partial charge is 0.459 e. The van der Waals surface area contributed by atoms with Crippen LogP contribution in [0.15, 0.2) is 48.5 Å². The van der Waals surface area contributed by atoms with Crippen LogP contribution in [0, 0.1) is 0 Å². The molecule has 0 amide bonds. The fourth-order valence-electron chi connectivity index (χ4n) is 2.04. The molecule has 7 heteroatoms. The average Bonchev–Trinajstić information content (AvgIpc) is 2.49. The standard InChI is InChI=1S/C14H12Cl2O3Si2/c15-13(17)9-1-5-11(6-2-9)21(19-20)12-7-3-10(4-8-12)14(16)18/h1-8,21H,20H3. The van der Waals surface area contributed by atoms with Gasteiger partial charge in [0.25, 0.3) is 10.5 Å². The second kappa shape index (κ2) is 7.15. The summed E-state index contributed by atoms with van der Waals surface area (Å²) in [6.45, 7) is 0. The van der Waals surface area contributed by atoms with Gasteiger partial charge in [0.15, 0.2) is 0 Å². The van der Waals surface area contributed by atoms with E-state index in [1.807, 2.05) is 24.3 Å². The Balaban J connectivity index is 2.30. The van der Waals surface area contributed by atoms with Crippen molar-refractivity contribution in [3.63, 3.8) is 0 Å². The van der Waals surface area contributed by atoms with E-state index in [0.29, 0.717) is 21.6 Å². The van der Waals surface area contributed by atoms with Crippen LogP contribution in [0.2, 0.25) is 0 Å². The lowest BCUT2D eigenvalue weighted by molar-refractivity contribution is 0.107. The van der Waals surface area contributed by atoms with E-state index < -0.39 is 19.5 Å². The number of halogens is 2. The number of rotatable bonds is 5. The highest BCUT2D eigenvalue weighted by molar-refractivity contribution is 6.82. The Labute approximate surface area is 137 Å². The zero-order valence-electron chi connectivity index (χ0n) is 11.2. The fourth-order valence-corrected chi connectivity index (χ4v) is 5.94. The van der Waals surface area contributed by atoms with Crippen molar-refractivity contribution in [3.05, 3.63) is 59.7 Å². The predicted octanol–water partition coefficient (Wildman–Crippen LogP) is 0.580. The van der Waals surface area contributed by atoms with Gasteiger partial charge in [-0.05, 0) is 33.6 Å². The Morgan fingerprint density at radius 1 is 0.810 bits per heavy atom. The summed E-state index contributed by atoms with van der Waals surface area (Å²) in [5, 5.41) is 1.15. The summed E-state index contributed by atoms with van der Waals surface area (Å²) in [5.74, 6) is 0. The number of carbonyl (C=O) groups excluding carboxylic acids is 2. The highest BCUT2D eigenvalue weighted by Crippen LogP contribution is 2.05. The molecule has 21 heavy (non-hydrogen) atoms. The molecule has 0 atom stereocenters. The number of hydrogen-bond donors (Lipinski definition) is 0. The normalized spacial score (nSPS) is 10.8. The van der Waals surface area contributed by atoms with Gasteiger partial charge in [0.2, 0.25) is 9.04 Å². The maximum Gasteiger partial charge on any atom is 0.252 e. The smallest absolute Gasteiger partial charge is 0.252 e. The first-order valence-corrected chi connectivity index (χ1v) is 9.35. The molecule has 0 heterocycles. The molecule has 2 aromatic rings. The number of benzene rings is 2. The Bertz CT molecular complexity index is 599. The summed E-state index contributed by atoms with van der Waals surface area (Å²) in [4.78, 5) is 22.2. The summed E-state index contributed by atoms with van der Waals surface area (Å²) >= 11 is 10.9. The Morgan fingerprint density at radius 2 is 1.14 bits per heavy atom. The van der Waals surface area contributed by atoms with Gasteiger partial charge in [0.05, 0.1) is 0 Å². The highest BCUT2D eigenvalue weighted by atomic mass is 35.5. The molecule has 2 rings (SSSR count). The minimum atomic E-state index is -1.78. The van der Waals surface area contributed by atoms with E-state index in [9.17, 15) is 9.59 Å². The molecule has 0 aromatic heterocycles. The van der Waals surface area contributed by atoms with Crippen molar-refractivity contribution in [3.8, 4) is 0 Å². The van der Waals surface area contributed by atoms with Crippen LogP contribution in [0.1, 0.15) is 20.7 Å². The highest BCUT2D eigenvalue weighted by Gasteiger charge is 2.16. The minimum absolute atomic E-state index is 0.463. The van der Waals surface area contributed by atoms with E-state index in [-0.39, 0.29) is 0 Å². The monoisotopic (exact) mass is 354 g/mol. The zero-order valence-corrected chi connectivity index (χ0v) is 15.8. The van der Waals surface area contributed by atoms with Crippen molar-refractivity contribution in [1.29, 1.82) is 0 Å². The topological polar surface area (TPSA) is 43.4 Å². The summed E-state index contributed by atoms with van der Waals surface area (Å²) in [7, 11) is -1.17. The van der Waals surface area contributed by atoms with Crippen molar-refractivity contribution >= 4 is 63.6 Å². The molecule has 2 aromatic carbocycles. The fraction of sp³-hybridized carbons (Fsp3) is 0. The Morgan fingerprint density at radius 3 is 1.38 bits per heavy atom. The summed E-state index contributed by atoms with van der Waals surface area (Å²) in [5.41, 5.74) is 0.925. The first-order valence-electron chi connectivity index (χ1n) is 6.15. The van der Waals surface area contributed by atoms with Gasteiger partial charge in [-0.2, -0.15) is 0 Å². The Hall–Kier alpha value is -1.25. The molecule has 0 radical (unpaired) electrons. The molecule has 0 saturated carbocycles. The maximum absolute atomic E-state index is 11.1. The van der Waals surface area contributed by atoms with E-state index in [0.717, 1.165) is 10.4 Å². The van der Waals surface area contributed by atoms with Crippen molar-refractivity contribution < 1.29 is 13.7 Å².